The van der Waals surface area contributed by atoms with Crippen LogP contribution in [0.25, 0.3) is 11.1 Å². The number of ether oxygens (including phenoxy) is 1. The van der Waals surface area contributed by atoms with Gasteiger partial charge < -0.3 is 9.64 Å². The molecule has 0 bridgehead atoms. The first-order valence-corrected chi connectivity index (χ1v) is 11.6. The van der Waals surface area contributed by atoms with Gasteiger partial charge in [0.25, 0.3) is 5.91 Å². The lowest BCUT2D eigenvalue weighted by Crippen LogP contribution is -2.58. The van der Waals surface area contributed by atoms with Crippen LogP contribution in [0.3, 0.4) is 0 Å². The van der Waals surface area contributed by atoms with Crippen LogP contribution < -0.4 is 4.74 Å². The summed E-state index contributed by atoms with van der Waals surface area (Å²) in [6, 6.07) is 19.8. The highest BCUT2D eigenvalue weighted by Gasteiger charge is 2.33. The monoisotopic (exact) mass is 458 g/mol. The maximum Gasteiger partial charge on any atom is 0.260 e. The Bertz CT molecular complexity index is 1240. The molecule has 0 saturated carbocycles. The van der Waals surface area contributed by atoms with E-state index in [9.17, 15) is 14.0 Å². The molecule has 2 aliphatic rings. The maximum atomic E-state index is 13.2. The van der Waals surface area contributed by atoms with E-state index < -0.39 is 0 Å². The van der Waals surface area contributed by atoms with Crippen LogP contribution >= 0.6 is 0 Å². The molecule has 6 heteroatoms. The number of piperazine rings is 1. The van der Waals surface area contributed by atoms with E-state index in [0.29, 0.717) is 30.0 Å². The van der Waals surface area contributed by atoms with Crippen molar-refractivity contribution in [2.45, 2.75) is 32.5 Å². The number of halogens is 1. The number of ketones is 1. The topological polar surface area (TPSA) is 49.9 Å². The zero-order valence-corrected chi connectivity index (χ0v) is 19.3. The van der Waals surface area contributed by atoms with E-state index in [0.717, 1.165) is 23.2 Å². The fourth-order valence-electron chi connectivity index (χ4n) is 4.97. The number of amides is 1. The van der Waals surface area contributed by atoms with Gasteiger partial charge in [-0.05, 0) is 48.7 Å². The average molecular weight is 459 g/mol. The van der Waals surface area contributed by atoms with Crippen molar-refractivity contribution in [3.63, 3.8) is 0 Å². The molecule has 1 aliphatic carbocycles. The minimum Gasteiger partial charge on any atom is -0.483 e. The predicted molar refractivity (Wildman–Crippen MR) is 128 cm³/mol. The van der Waals surface area contributed by atoms with Crippen LogP contribution in [0.5, 0.6) is 5.75 Å². The smallest absolute Gasteiger partial charge is 0.260 e. The highest BCUT2D eigenvalue weighted by atomic mass is 19.1. The van der Waals surface area contributed by atoms with Crippen LogP contribution in [0.15, 0.2) is 66.7 Å². The molecule has 1 amide bonds. The Labute approximate surface area is 198 Å². The third kappa shape index (κ3) is 4.10. The molecular formula is C28H27FN2O3. The highest BCUT2D eigenvalue weighted by molar-refractivity contribution is 6.23. The number of fused-ring (bicyclic) bond motifs is 3. The first-order valence-electron chi connectivity index (χ1n) is 11.6. The summed E-state index contributed by atoms with van der Waals surface area (Å²) in [6.45, 7) is 6.03. The van der Waals surface area contributed by atoms with Crippen LogP contribution in [-0.4, -0.2) is 53.3 Å². The third-order valence-corrected chi connectivity index (χ3v) is 6.80. The number of nitrogens with zero attached hydrogens (tertiary/aromatic N) is 2. The molecule has 34 heavy (non-hydrogen) atoms. The number of carbonyl (C=O) groups is 2. The van der Waals surface area contributed by atoms with E-state index in [4.69, 9.17) is 4.74 Å². The Balaban J connectivity index is 1.24. The summed E-state index contributed by atoms with van der Waals surface area (Å²) in [5.74, 6) is 0.0457. The Morgan fingerprint density at radius 2 is 1.62 bits per heavy atom. The number of benzene rings is 3. The van der Waals surface area contributed by atoms with Crippen LogP contribution in [0, 0.1) is 5.82 Å². The number of hydrogen-bond donors (Lipinski definition) is 0. The first-order chi connectivity index (χ1) is 16.4. The Kier molecular flexibility index (Phi) is 5.92. The minimum atomic E-state index is -0.241. The van der Waals surface area contributed by atoms with Gasteiger partial charge in [-0.2, -0.15) is 0 Å². The molecule has 0 spiro atoms. The van der Waals surface area contributed by atoms with Crippen molar-refractivity contribution in [2.24, 2.45) is 0 Å². The maximum absolute atomic E-state index is 13.2. The van der Waals surface area contributed by atoms with Gasteiger partial charge in [-0.1, -0.05) is 48.5 Å². The number of rotatable bonds is 5. The fourth-order valence-corrected chi connectivity index (χ4v) is 4.97. The largest absolute Gasteiger partial charge is 0.483 e. The summed E-state index contributed by atoms with van der Waals surface area (Å²) in [5, 5.41) is 0. The lowest BCUT2D eigenvalue weighted by molar-refractivity contribution is -0.139. The molecule has 1 fully saturated rings. The average Bonchev–Trinajstić information content (AvgIpc) is 3.14. The minimum absolute atomic E-state index is 0.0140. The summed E-state index contributed by atoms with van der Waals surface area (Å²) < 4.78 is 19.1. The standard InChI is InChI=1S/C28H27FN2O3/c1-18-15-31(19(2)14-30(18)16-20-10-12-21(29)13-11-20)26(32)17-34-25-9-5-8-23-22-6-3-4-7-24(22)28(33)27(23)25/h3-13,18-19H,14-17H2,1-2H3. The van der Waals surface area contributed by atoms with Crippen LogP contribution in [-0.2, 0) is 11.3 Å². The van der Waals surface area contributed by atoms with Gasteiger partial charge in [0, 0.05) is 37.3 Å². The molecule has 0 N–H and O–H groups in total. The van der Waals surface area contributed by atoms with Crippen molar-refractivity contribution in [3.8, 4) is 16.9 Å². The van der Waals surface area contributed by atoms with Crippen molar-refractivity contribution >= 4 is 11.7 Å². The molecular weight excluding hydrogens is 431 g/mol. The second-order valence-corrected chi connectivity index (χ2v) is 9.14. The summed E-state index contributed by atoms with van der Waals surface area (Å²) in [7, 11) is 0. The van der Waals surface area contributed by atoms with Crippen LogP contribution in [0.4, 0.5) is 4.39 Å². The van der Waals surface area contributed by atoms with Crippen molar-refractivity contribution < 1.29 is 18.7 Å². The van der Waals surface area contributed by atoms with E-state index in [-0.39, 0.29) is 36.2 Å². The Morgan fingerprint density at radius 1 is 0.912 bits per heavy atom. The van der Waals surface area contributed by atoms with Gasteiger partial charge in [0.05, 0.1) is 5.56 Å². The van der Waals surface area contributed by atoms with E-state index in [1.165, 1.54) is 12.1 Å². The Morgan fingerprint density at radius 3 is 2.38 bits per heavy atom. The molecule has 1 aliphatic heterocycles. The van der Waals surface area contributed by atoms with E-state index in [2.05, 4.69) is 11.8 Å². The van der Waals surface area contributed by atoms with Gasteiger partial charge in [0.1, 0.15) is 11.6 Å². The zero-order chi connectivity index (χ0) is 23.8. The van der Waals surface area contributed by atoms with E-state index in [1.807, 2.05) is 48.2 Å². The molecule has 0 radical (unpaired) electrons. The lowest BCUT2D eigenvalue weighted by atomic mass is 10.1. The quantitative estimate of drug-likeness (QED) is 0.441. The van der Waals surface area contributed by atoms with Crippen molar-refractivity contribution in [2.75, 3.05) is 19.7 Å². The van der Waals surface area contributed by atoms with E-state index >= 15 is 0 Å². The number of carbonyl (C=O) groups excluding carboxylic acids is 2. The van der Waals surface area contributed by atoms with Gasteiger partial charge in [-0.3, -0.25) is 14.5 Å². The molecule has 5 nitrogen and oxygen atoms in total. The predicted octanol–water partition coefficient (Wildman–Crippen LogP) is 4.54. The molecule has 0 aromatic heterocycles. The van der Waals surface area contributed by atoms with Gasteiger partial charge in [0.15, 0.2) is 12.4 Å². The second-order valence-electron chi connectivity index (χ2n) is 9.14. The van der Waals surface area contributed by atoms with Crippen LogP contribution in [0.2, 0.25) is 0 Å². The van der Waals surface area contributed by atoms with Crippen molar-refractivity contribution in [1.29, 1.82) is 0 Å². The van der Waals surface area contributed by atoms with Crippen molar-refractivity contribution in [3.05, 3.63) is 89.2 Å². The number of hydrogen-bond acceptors (Lipinski definition) is 4. The molecule has 1 saturated heterocycles. The van der Waals surface area contributed by atoms with Crippen LogP contribution in [0.1, 0.15) is 35.3 Å². The van der Waals surface area contributed by atoms with Gasteiger partial charge in [-0.25, -0.2) is 4.39 Å². The zero-order valence-electron chi connectivity index (χ0n) is 19.3. The first kappa shape index (κ1) is 22.3. The van der Waals surface area contributed by atoms with Gasteiger partial charge in [-0.15, -0.1) is 0 Å². The summed E-state index contributed by atoms with van der Waals surface area (Å²) >= 11 is 0. The molecule has 2 unspecified atom stereocenters. The summed E-state index contributed by atoms with van der Waals surface area (Å²) in [5.41, 5.74) is 4.00. The molecule has 3 aromatic rings. The lowest BCUT2D eigenvalue weighted by Gasteiger charge is -2.44. The van der Waals surface area contributed by atoms with Gasteiger partial charge >= 0.3 is 0 Å². The third-order valence-electron chi connectivity index (χ3n) is 6.80. The molecule has 174 valence electrons. The summed E-state index contributed by atoms with van der Waals surface area (Å²) in [6.07, 6.45) is 0. The molecule has 2 atom stereocenters. The fraction of sp³-hybridized carbons (Fsp3) is 0.286. The SMILES string of the molecule is CC1CN(C(=O)COc2cccc3c2C(=O)c2ccccc2-3)C(C)CN1Cc1ccc(F)cc1. The Hall–Kier alpha value is -3.51. The van der Waals surface area contributed by atoms with Crippen molar-refractivity contribution in [1.82, 2.24) is 9.80 Å². The highest BCUT2D eigenvalue weighted by Crippen LogP contribution is 2.40. The molecule has 5 rings (SSSR count). The summed E-state index contributed by atoms with van der Waals surface area (Å²) in [4.78, 5) is 30.2. The molecule has 1 heterocycles. The molecule has 3 aromatic carbocycles. The second kappa shape index (κ2) is 9.03. The normalized spacial score (nSPS) is 19.6. The van der Waals surface area contributed by atoms with Gasteiger partial charge in [0.2, 0.25) is 0 Å². The van der Waals surface area contributed by atoms with E-state index in [1.54, 1.807) is 18.2 Å².